The van der Waals surface area contributed by atoms with Crippen LogP contribution in [0.15, 0.2) is 40.9 Å². The van der Waals surface area contributed by atoms with Gasteiger partial charge in [-0.15, -0.1) is 0 Å². The van der Waals surface area contributed by atoms with E-state index in [0.717, 1.165) is 10.0 Å². The minimum absolute atomic E-state index is 0.214. The number of halogens is 4. The van der Waals surface area contributed by atoms with Gasteiger partial charge < -0.3 is 5.32 Å². The maximum Gasteiger partial charge on any atom is 0.123 e. The highest BCUT2D eigenvalue weighted by Crippen LogP contribution is 2.32. The van der Waals surface area contributed by atoms with Crippen molar-refractivity contribution in [3.63, 3.8) is 0 Å². The molecule has 1 atom stereocenters. The molecule has 0 spiro atoms. The number of rotatable bonds is 3. The highest BCUT2D eigenvalue weighted by Gasteiger charge is 2.16. The van der Waals surface area contributed by atoms with Crippen molar-refractivity contribution < 1.29 is 4.39 Å². The summed E-state index contributed by atoms with van der Waals surface area (Å²) in [6, 6.07) is 9.71. The lowest BCUT2D eigenvalue weighted by atomic mass is 9.99. The minimum Gasteiger partial charge on any atom is -0.309 e. The highest BCUT2D eigenvalue weighted by molar-refractivity contribution is 9.10. The van der Waals surface area contributed by atoms with Gasteiger partial charge in [0.25, 0.3) is 0 Å². The van der Waals surface area contributed by atoms with Crippen LogP contribution in [0.5, 0.6) is 0 Å². The third kappa shape index (κ3) is 3.29. The zero-order valence-corrected chi connectivity index (χ0v) is 13.2. The van der Waals surface area contributed by atoms with Crippen molar-refractivity contribution in [1.82, 2.24) is 5.32 Å². The molecule has 1 N–H and O–H groups in total. The SMILES string of the molecule is CNC(c1ccc(Br)c(Cl)c1)c1cc(F)ccc1Cl. The summed E-state index contributed by atoms with van der Waals surface area (Å²) >= 11 is 15.6. The first kappa shape index (κ1) is 14.8. The van der Waals surface area contributed by atoms with Crippen molar-refractivity contribution >= 4 is 39.1 Å². The maximum absolute atomic E-state index is 13.4. The molecule has 100 valence electrons. The first-order valence-electron chi connectivity index (χ1n) is 5.60. The van der Waals surface area contributed by atoms with E-state index in [2.05, 4.69) is 21.2 Å². The summed E-state index contributed by atoms with van der Waals surface area (Å²) in [5, 5.41) is 4.24. The van der Waals surface area contributed by atoms with E-state index < -0.39 is 0 Å². The molecule has 0 saturated heterocycles. The van der Waals surface area contributed by atoms with E-state index >= 15 is 0 Å². The van der Waals surface area contributed by atoms with Crippen LogP contribution in [0.1, 0.15) is 17.2 Å². The number of nitrogens with one attached hydrogen (secondary N) is 1. The van der Waals surface area contributed by atoms with Crippen molar-refractivity contribution in [3.8, 4) is 0 Å². The molecule has 5 heteroatoms. The molecular weight excluding hydrogens is 352 g/mol. The molecule has 0 aliphatic rings. The van der Waals surface area contributed by atoms with E-state index in [0.29, 0.717) is 15.6 Å². The van der Waals surface area contributed by atoms with Crippen LogP contribution in [0.3, 0.4) is 0 Å². The van der Waals surface area contributed by atoms with E-state index in [4.69, 9.17) is 23.2 Å². The number of hydrogen-bond donors (Lipinski definition) is 1. The smallest absolute Gasteiger partial charge is 0.123 e. The van der Waals surface area contributed by atoms with Gasteiger partial charge in [-0.05, 0) is 64.4 Å². The van der Waals surface area contributed by atoms with E-state index in [-0.39, 0.29) is 11.9 Å². The van der Waals surface area contributed by atoms with Crippen LogP contribution >= 0.6 is 39.1 Å². The normalized spacial score (nSPS) is 12.5. The van der Waals surface area contributed by atoms with Gasteiger partial charge in [0.1, 0.15) is 5.82 Å². The Balaban J connectivity index is 2.49. The Hall–Kier alpha value is -0.610. The quantitative estimate of drug-likeness (QED) is 0.790. The van der Waals surface area contributed by atoms with Gasteiger partial charge in [0.05, 0.1) is 11.1 Å². The Labute approximate surface area is 129 Å². The van der Waals surface area contributed by atoms with Crippen molar-refractivity contribution in [3.05, 3.63) is 67.9 Å². The van der Waals surface area contributed by atoms with Crippen molar-refractivity contribution in [2.75, 3.05) is 7.05 Å². The molecule has 0 bridgehead atoms. The van der Waals surface area contributed by atoms with Crippen LogP contribution < -0.4 is 5.32 Å². The Morgan fingerprint density at radius 3 is 2.47 bits per heavy atom. The molecule has 0 aliphatic carbocycles. The van der Waals surface area contributed by atoms with E-state index in [1.54, 1.807) is 13.1 Å². The zero-order chi connectivity index (χ0) is 14.0. The molecule has 2 aromatic carbocycles. The van der Waals surface area contributed by atoms with Gasteiger partial charge in [0, 0.05) is 9.50 Å². The molecule has 0 fully saturated rings. The average Bonchev–Trinajstić information content (AvgIpc) is 2.38. The first-order valence-corrected chi connectivity index (χ1v) is 7.15. The van der Waals surface area contributed by atoms with Crippen molar-refractivity contribution in [2.24, 2.45) is 0 Å². The Morgan fingerprint density at radius 2 is 1.84 bits per heavy atom. The molecule has 0 radical (unpaired) electrons. The van der Waals surface area contributed by atoms with Gasteiger partial charge in [-0.2, -0.15) is 0 Å². The molecule has 0 aromatic heterocycles. The minimum atomic E-state index is -0.317. The fraction of sp³-hybridized carbons (Fsp3) is 0.143. The van der Waals surface area contributed by atoms with E-state index in [1.807, 2.05) is 18.2 Å². The number of hydrogen-bond acceptors (Lipinski definition) is 1. The lowest BCUT2D eigenvalue weighted by Gasteiger charge is -2.19. The monoisotopic (exact) mass is 361 g/mol. The summed E-state index contributed by atoms with van der Waals surface area (Å²) in [5.74, 6) is -0.317. The molecule has 0 heterocycles. The summed E-state index contributed by atoms with van der Waals surface area (Å²) in [5.41, 5.74) is 1.60. The van der Waals surface area contributed by atoms with Crippen LogP contribution in [0, 0.1) is 5.82 Å². The molecular formula is C14H11BrCl2FN. The predicted octanol–water partition coefficient (Wildman–Crippen LogP) is 5.20. The Kier molecular flexibility index (Phi) is 4.85. The van der Waals surface area contributed by atoms with Crippen LogP contribution in [0.25, 0.3) is 0 Å². The summed E-state index contributed by atoms with van der Waals surface area (Å²) in [4.78, 5) is 0. The molecule has 1 nitrogen and oxygen atoms in total. The predicted molar refractivity (Wildman–Crippen MR) is 81.5 cm³/mol. The van der Waals surface area contributed by atoms with Gasteiger partial charge in [-0.25, -0.2) is 4.39 Å². The van der Waals surface area contributed by atoms with Gasteiger partial charge >= 0.3 is 0 Å². The van der Waals surface area contributed by atoms with Gasteiger partial charge in [0.15, 0.2) is 0 Å². The Morgan fingerprint density at radius 1 is 1.11 bits per heavy atom. The van der Waals surface area contributed by atoms with Gasteiger partial charge in [-0.3, -0.25) is 0 Å². The van der Waals surface area contributed by atoms with E-state index in [1.165, 1.54) is 12.1 Å². The lowest BCUT2D eigenvalue weighted by Crippen LogP contribution is -2.18. The first-order chi connectivity index (χ1) is 9.02. The van der Waals surface area contributed by atoms with Crippen LogP contribution in [-0.4, -0.2) is 7.05 Å². The van der Waals surface area contributed by atoms with E-state index in [9.17, 15) is 4.39 Å². The zero-order valence-electron chi connectivity index (χ0n) is 10.1. The lowest BCUT2D eigenvalue weighted by molar-refractivity contribution is 0.617. The average molecular weight is 363 g/mol. The van der Waals surface area contributed by atoms with Crippen LogP contribution in [0.2, 0.25) is 10.0 Å². The van der Waals surface area contributed by atoms with Gasteiger partial charge in [0.2, 0.25) is 0 Å². The van der Waals surface area contributed by atoms with Crippen LogP contribution in [0.4, 0.5) is 4.39 Å². The second-order valence-electron chi connectivity index (χ2n) is 4.06. The molecule has 19 heavy (non-hydrogen) atoms. The molecule has 0 amide bonds. The molecule has 0 saturated carbocycles. The maximum atomic E-state index is 13.4. The summed E-state index contributed by atoms with van der Waals surface area (Å²) in [7, 11) is 1.79. The molecule has 0 aliphatic heterocycles. The fourth-order valence-electron chi connectivity index (χ4n) is 1.93. The van der Waals surface area contributed by atoms with Crippen molar-refractivity contribution in [2.45, 2.75) is 6.04 Å². The second kappa shape index (κ2) is 6.23. The summed E-state index contributed by atoms with van der Waals surface area (Å²) < 4.78 is 14.2. The number of benzene rings is 2. The third-order valence-electron chi connectivity index (χ3n) is 2.83. The van der Waals surface area contributed by atoms with Gasteiger partial charge in [-0.1, -0.05) is 29.3 Å². The molecule has 2 rings (SSSR count). The fourth-order valence-corrected chi connectivity index (χ4v) is 2.59. The Bertz CT molecular complexity index is 604. The molecule has 2 aromatic rings. The largest absolute Gasteiger partial charge is 0.309 e. The summed E-state index contributed by atoms with van der Waals surface area (Å²) in [6.07, 6.45) is 0. The highest BCUT2D eigenvalue weighted by atomic mass is 79.9. The molecule has 1 unspecified atom stereocenters. The topological polar surface area (TPSA) is 12.0 Å². The van der Waals surface area contributed by atoms with Crippen LogP contribution in [-0.2, 0) is 0 Å². The third-order valence-corrected chi connectivity index (χ3v) is 4.41. The standard InChI is InChI=1S/C14H11BrCl2FN/c1-19-14(8-2-4-11(15)13(17)6-8)10-7-9(18)3-5-12(10)16/h2-7,14,19H,1H3. The van der Waals surface area contributed by atoms with Crippen molar-refractivity contribution in [1.29, 1.82) is 0 Å². The second-order valence-corrected chi connectivity index (χ2v) is 5.73. The summed E-state index contributed by atoms with van der Waals surface area (Å²) in [6.45, 7) is 0.